The minimum absolute atomic E-state index is 0.402. The van der Waals surface area contributed by atoms with Crippen LogP contribution in [0.1, 0.15) is 11.1 Å². The van der Waals surface area contributed by atoms with Crippen molar-refractivity contribution in [2.75, 3.05) is 11.5 Å². The monoisotopic (exact) mass is 371 g/mol. The van der Waals surface area contributed by atoms with Crippen molar-refractivity contribution in [1.29, 1.82) is 0 Å². The molecule has 0 amide bonds. The molecule has 0 fully saturated rings. The van der Waals surface area contributed by atoms with Crippen molar-refractivity contribution in [3.05, 3.63) is 90.3 Å². The Bertz CT molecular complexity index is 1060. The first-order valence-corrected chi connectivity index (χ1v) is 8.98. The number of anilines is 2. The van der Waals surface area contributed by atoms with Crippen molar-refractivity contribution >= 4 is 11.6 Å². The van der Waals surface area contributed by atoms with Crippen LogP contribution in [0, 0.1) is 0 Å². The number of hydrogen-bond donors (Lipinski definition) is 2. The van der Waals surface area contributed by atoms with Crippen molar-refractivity contribution in [2.45, 2.75) is 13.2 Å². The summed E-state index contributed by atoms with van der Waals surface area (Å²) in [5.41, 5.74) is 15.6. The summed E-state index contributed by atoms with van der Waals surface area (Å²) in [7, 11) is 0. The van der Waals surface area contributed by atoms with Gasteiger partial charge in [0.1, 0.15) is 24.0 Å². The second kappa shape index (κ2) is 7.84. The van der Waals surface area contributed by atoms with Crippen LogP contribution in [-0.2, 0) is 13.2 Å². The van der Waals surface area contributed by atoms with Gasteiger partial charge in [-0.15, -0.1) is 0 Å². The highest BCUT2D eigenvalue weighted by Crippen LogP contribution is 2.25. The fourth-order valence-electron chi connectivity index (χ4n) is 2.94. The molecule has 6 nitrogen and oxygen atoms in total. The summed E-state index contributed by atoms with van der Waals surface area (Å²) < 4.78 is 7.69. The Morgan fingerprint density at radius 1 is 0.857 bits per heavy atom. The smallest absolute Gasteiger partial charge is 0.133 e. The lowest BCUT2D eigenvalue weighted by molar-refractivity contribution is 0.306. The summed E-state index contributed by atoms with van der Waals surface area (Å²) in [5.74, 6) is 1.65. The molecule has 140 valence electrons. The number of aromatic nitrogens is 3. The van der Waals surface area contributed by atoms with Gasteiger partial charge in [-0.25, -0.2) is 4.98 Å². The van der Waals surface area contributed by atoms with Crippen molar-refractivity contribution in [1.82, 2.24) is 14.8 Å². The van der Waals surface area contributed by atoms with Crippen LogP contribution in [0.5, 0.6) is 5.75 Å². The molecule has 4 aromatic rings. The van der Waals surface area contributed by atoms with E-state index in [1.165, 1.54) is 0 Å². The maximum atomic E-state index is 5.96. The van der Waals surface area contributed by atoms with Crippen LogP contribution < -0.4 is 16.2 Å². The molecule has 4 rings (SSSR count). The highest BCUT2D eigenvalue weighted by Gasteiger charge is 2.07. The largest absolute Gasteiger partial charge is 0.489 e. The third kappa shape index (κ3) is 4.12. The van der Waals surface area contributed by atoms with E-state index in [4.69, 9.17) is 16.2 Å². The first-order chi connectivity index (χ1) is 13.7. The van der Waals surface area contributed by atoms with E-state index in [2.05, 4.69) is 10.1 Å². The molecule has 2 aromatic carbocycles. The lowest BCUT2D eigenvalue weighted by atomic mass is 10.1. The molecule has 0 aliphatic heterocycles. The SMILES string of the molecule is Nc1ccc(-c2cnn(Cc3ccc(OCc4ccccc4)cc3)c2)c(N)n1. The van der Waals surface area contributed by atoms with Gasteiger partial charge in [-0.3, -0.25) is 4.68 Å². The molecule has 28 heavy (non-hydrogen) atoms. The van der Waals surface area contributed by atoms with Gasteiger partial charge >= 0.3 is 0 Å². The number of ether oxygens (including phenoxy) is 1. The van der Waals surface area contributed by atoms with E-state index in [-0.39, 0.29) is 0 Å². The summed E-state index contributed by atoms with van der Waals surface area (Å²) in [6, 6.07) is 21.7. The zero-order valence-corrected chi connectivity index (χ0v) is 15.3. The first kappa shape index (κ1) is 17.6. The fraction of sp³-hybridized carbons (Fsp3) is 0.0909. The van der Waals surface area contributed by atoms with Crippen LogP contribution in [0.15, 0.2) is 79.1 Å². The van der Waals surface area contributed by atoms with E-state index in [9.17, 15) is 0 Å². The van der Waals surface area contributed by atoms with Gasteiger partial charge in [-0.05, 0) is 35.4 Å². The minimum Gasteiger partial charge on any atom is -0.489 e. The molecule has 6 heteroatoms. The van der Waals surface area contributed by atoms with Crippen molar-refractivity contribution in [3.8, 4) is 16.9 Å². The molecule has 2 heterocycles. The zero-order chi connectivity index (χ0) is 19.3. The van der Waals surface area contributed by atoms with Crippen molar-refractivity contribution in [2.24, 2.45) is 0 Å². The van der Waals surface area contributed by atoms with Gasteiger partial charge in [0.15, 0.2) is 0 Å². The van der Waals surface area contributed by atoms with Gasteiger partial charge in [-0.2, -0.15) is 5.10 Å². The number of pyridine rings is 1. The Balaban J connectivity index is 1.40. The lowest BCUT2D eigenvalue weighted by Gasteiger charge is -2.08. The number of nitrogens with two attached hydrogens (primary N) is 2. The molecule has 0 aliphatic carbocycles. The van der Waals surface area contributed by atoms with E-state index in [1.54, 1.807) is 12.3 Å². The first-order valence-electron chi connectivity index (χ1n) is 8.98. The summed E-state index contributed by atoms with van der Waals surface area (Å²) in [6.07, 6.45) is 3.73. The summed E-state index contributed by atoms with van der Waals surface area (Å²) >= 11 is 0. The second-order valence-corrected chi connectivity index (χ2v) is 6.51. The van der Waals surface area contributed by atoms with Crippen LogP contribution in [0.25, 0.3) is 11.1 Å². The van der Waals surface area contributed by atoms with E-state index in [1.807, 2.05) is 71.5 Å². The van der Waals surface area contributed by atoms with Crippen molar-refractivity contribution in [3.63, 3.8) is 0 Å². The standard InChI is InChI=1S/C22H21N5O/c23-21-11-10-20(22(24)26-21)18-12-25-27(14-18)13-16-6-8-19(9-7-16)28-15-17-4-2-1-3-5-17/h1-12,14H,13,15H2,(H4,23,24,26). The molecule has 2 aromatic heterocycles. The molecule has 0 bridgehead atoms. The van der Waals surface area contributed by atoms with Crippen LogP contribution >= 0.6 is 0 Å². The van der Waals surface area contributed by atoms with Crippen molar-refractivity contribution < 1.29 is 4.74 Å². The summed E-state index contributed by atoms with van der Waals surface area (Å²) in [6.45, 7) is 1.21. The zero-order valence-electron chi connectivity index (χ0n) is 15.3. The highest BCUT2D eigenvalue weighted by atomic mass is 16.5. The van der Waals surface area contributed by atoms with E-state index in [0.717, 1.165) is 28.0 Å². The molecule has 0 aliphatic rings. The fourth-order valence-corrected chi connectivity index (χ4v) is 2.94. The van der Waals surface area contributed by atoms with Crippen LogP contribution in [-0.4, -0.2) is 14.8 Å². The van der Waals surface area contributed by atoms with Gasteiger partial charge in [0.2, 0.25) is 0 Å². The molecule has 4 N–H and O–H groups in total. The molecule has 0 spiro atoms. The number of benzene rings is 2. The van der Waals surface area contributed by atoms with Gasteiger partial charge in [0.25, 0.3) is 0 Å². The number of rotatable bonds is 6. The Labute approximate surface area is 163 Å². The average Bonchev–Trinajstić information content (AvgIpc) is 3.16. The number of nitrogens with zero attached hydrogens (tertiary/aromatic N) is 3. The molecular weight excluding hydrogens is 350 g/mol. The molecule has 0 unspecified atom stereocenters. The predicted molar refractivity (Wildman–Crippen MR) is 111 cm³/mol. The summed E-state index contributed by atoms with van der Waals surface area (Å²) in [5, 5.41) is 4.42. The second-order valence-electron chi connectivity index (χ2n) is 6.51. The Hall–Kier alpha value is -3.80. The molecule has 0 saturated carbocycles. The predicted octanol–water partition coefficient (Wildman–Crippen LogP) is 3.74. The quantitative estimate of drug-likeness (QED) is 0.539. The van der Waals surface area contributed by atoms with E-state index >= 15 is 0 Å². The Kier molecular flexibility index (Phi) is 4.93. The van der Waals surface area contributed by atoms with Gasteiger partial charge in [0, 0.05) is 17.3 Å². The maximum absolute atomic E-state index is 5.96. The Morgan fingerprint density at radius 3 is 2.39 bits per heavy atom. The van der Waals surface area contributed by atoms with E-state index in [0.29, 0.717) is 24.8 Å². The molecule has 0 saturated heterocycles. The third-order valence-electron chi connectivity index (χ3n) is 4.41. The van der Waals surface area contributed by atoms with Crippen LogP contribution in [0.4, 0.5) is 11.6 Å². The molecular formula is C22H21N5O. The molecule has 0 radical (unpaired) electrons. The third-order valence-corrected chi connectivity index (χ3v) is 4.41. The summed E-state index contributed by atoms with van der Waals surface area (Å²) in [4.78, 5) is 4.10. The maximum Gasteiger partial charge on any atom is 0.133 e. The van der Waals surface area contributed by atoms with Crippen LogP contribution in [0.3, 0.4) is 0 Å². The topological polar surface area (TPSA) is 92.0 Å². The van der Waals surface area contributed by atoms with Gasteiger partial charge in [-0.1, -0.05) is 42.5 Å². The number of hydrogen-bond acceptors (Lipinski definition) is 5. The molecule has 0 atom stereocenters. The Morgan fingerprint density at radius 2 is 1.64 bits per heavy atom. The average molecular weight is 371 g/mol. The minimum atomic E-state index is 0.402. The normalized spacial score (nSPS) is 10.7. The highest BCUT2D eigenvalue weighted by molar-refractivity contribution is 5.73. The van der Waals surface area contributed by atoms with Crippen LogP contribution in [0.2, 0.25) is 0 Å². The van der Waals surface area contributed by atoms with Gasteiger partial charge < -0.3 is 16.2 Å². The van der Waals surface area contributed by atoms with E-state index < -0.39 is 0 Å². The number of nitrogen functional groups attached to an aromatic ring is 2. The van der Waals surface area contributed by atoms with Gasteiger partial charge in [0.05, 0.1) is 12.7 Å². The lowest BCUT2D eigenvalue weighted by Crippen LogP contribution is -2.00.